The normalized spacial score (nSPS) is 12.1. The molecule has 0 rings (SSSR count). The van der Waals surface area contributed by atoms with E-state index in [1.54, 1.807) is 0 Å². The summed E-state index contributed by atoms with van der Waals surface area (Å²) < 4.78 is 16.8. The Hall–Kier alpha value is -1.59. The van der Waals surface area contributed by atoms with Crippen LogP contribution in [0, 0.1) is 11.8 Å². The first kappa shape index (κ1) is 58.4. The fourth-order valence-electron chi connectivity index (χ4n) is 8.17. The van der Waals surface area contributed by atoms with Crippen LogP contribution in [0.15, 0.2) is 0 Å². The molecule has 0 fully saturated rings. The molecular weight excluding hydrogens is 745 g/mol. The molecule has 6 heteroatoms. The van der Waals surface area contributed by atoms with Gasteiger partial charge in [0.2, 0.25) is 0 Å². The second kappa shape index (κ2) is 46.9. The van der Waals surface area contributed by atoms with Crippen molar-refractivity contribution in [2.75, 3.05) is 13.2 Å². The standard InChI is InChI=1S/C54H104O6/c1-6-7-8-9-10-11-18-24-29-34-39-44-52(55)58-47-51(60-54(57)46-41-36-31-26-21-23-28-33-38-43-50(4)5)48-59-53(56)45-40-35-30-25-20-17-15-13-12-14-16-19-22-27-32-37-42-49(2)3/h49-51H,6-48H2,1-5H3/t51-/m1/s1. The molecule has 0 radical (unpaired) electrons. The van der Waals surface area contributed by atoms with E-state index >= 15 is 0 Å². The van der Waals surface area contributed by atoms with E-state index in [2.05, 4.69) is 34.6 Å². The zero-order valence-electron chi connectivity index (χ0n) is 41.1. The van der Waals surface area contributed by atoms with Gasteiger partial charge in [-0.05, 0) is 31.1 Å². The molecule has 356 valence electrons. The summed E-state index contributed by atoms with van der Waals surface area (Å²) in [6.45, 7) is 11.4. The van der Waals surface area contributed by atoms with Gasteiger partial charge in [0.1, 0.15) is 13.2 Å². The summed E-state index contributed by atoms with van der Waals surface area (Å²) in [5.41, 5.74) is 0. The summed E-state index contributed by atoms with van der Waals surface area (Å²) in [6, 6.07) is 0. The van der Waals surface area contributed by atoms with Crippen molar-refractivity contribution in [3.63, 3.8) is 0 Å². The van der Waals surface area contributed by atoms with Crippen LogP contribution in [0.1, 0.15) is 298 Å². The van der Waals surface area contributed by atoms with Crippen LogP contribution in [-0.4, -0.2) is 37.2 Å². The van der Waals surface area contributed by atoms with Crippen LogP contribution < -0.4 is 0 Å². The van der Waals surface area contributed by atoms with E-state index in [-0.39, 0.29) is 31.1 Å². The van der Waals surface area contributed by atoms with Crippen LogP contribution in [-0.2, 0) is 28.6 Å². The largest absolute Gasteiger partial charge is 0.462 e. The van der Waals surface area contributed by atoms with Crippen molar-refractivity contribution in [2.45, 2.75) is 304 Å². The van der Waals surface area contributed by atoms with Crippen LogP contribution in [0.4, 0.5) is 0 Å². The number of hydrogen-bond acceptors (Lipinski definition) is 6. The highest BCUT2D eigenvalue weighted by Crippen LogP contribution is 2.18. The Balaban J connectivity index is 4.24. The van der Waals surface area contributed by atoms with Crippen LogP contribution in [0.3, 0.4) is 0 Å². The Morgan fingerprint density at radius 2 is 0.550 bits per heavy atom. The maximum Gasteiger partial charge on any atom is 0.306 e. The van der Waals surface area contributed by atoms with Crippen molar-refractivity contribution >= 4 is 17.9 Å². The van der Waals surface area contributed by atoms with Crippen LogP contribution in [0.25, 0.3) is 0 Å². The average Bonchev–Trinajstić information content (AvgIpc) is 3.22. The lowest BCUT2D eigenvalue weighted by Gasteiger charge is -2.18. The Kier molecular flexibility index (Phi) is 45.7. The highest BCUT2D eigenvalue weighted by atomic mass is 16.6. The molecule has 0 aromatic carbocycles. The van der Waals surface area contributed by atoms with Gasteiger partial charge < -0.3 is 14.2 Å². The Bertz CT molecular complexity index is 916. The number of carbonyl (C=O) groups is 3. The van der Waals surface area contributed by atoms with E-state index in [9.17, 15) is 14.4 Å². The van der Waals surface area contributed by atoms with Crippen molar-refractivity contribution in [1.82, 2.24) is 0 Å². The van der Waals surface area contributed by atoms with Crippen molar-refractivity contribution in [1.29, 1.82) is 0 Å². The van der Waals surface area contributed by atoms with Gasteiger partial charge >= 0.3 is 17.9 Å². The lowest BCUT2D eigenvalue weighted by molar-refractivity contribution is -0.167. The summed E-state index contributed by atoms with van der Waals surface area (Å²) in [6.07, 6.45) is 48.1. The van der Waals surface area contributed by atoms with Crippen LogP contribution >= 0.6 is 0 Å². The van der Waals surface area contributed by atoms with Crippen molar-refractivity contribution in [2.24, 2.45) is 11.8 Å². The minimum atomic E-state index is -0.761. The Morgan fingerprint density at radius 3 is 0.817 bits per heavy atom. The minimum Gasteiger partial charge on any atom is -0.462 e. The Morgan fingerprint density at radius 1 is 0.317 bits per heavy atom. The molecule has 0 heterocycles. The van der Waals surface area contributed by atoms with Gasteiger partial charge in [-0.3, -0.25) is 14.4 Å². The summed E-state index contributed by atoms with van der Waals surface area (Å²) >= 11 is 0. The summed E-state index contributed by atoms with van der Waals surface area (Å²) in [5.74, 6) is 0.811. The molecule has 0 aromatic rings. The maximum absolute atomic E-state index is 12.8. The highest BCUT2D eigenvalue weighted by Gasteiger charge is 2.19. The fraction of sp³-hybridized carbons (Fsp3) is 0.944. The van der Waals surface area contributed by atoms with E-state index in [4.69, 9.17) is 14.2 Å². The van der Waals surface area contributed by atoms with E-state index in [1.807, 2.05) is 0 Å². The van der Waals surface area contributed by atoms with Crippen LogP contribution in [0.2, 0.25) is 0 Å². The SMILES string of the molecule is CCCCCCCCCCCCCC(=O)OC[C@H](COC(=O)CCCCCCCCCCCCCCCCCCC(C)C)OC(=O)CCCCCCCCCCCC(C)C. The maximum atomic E-state index is 12.8. The number of esters is 3. The monoisotopic (exact) mass is 849 g/mol. The number of ether oxygens (including phenoxy) is 3. The number of unbranched alkanes of at least 4 members (excludes halogenated alkanes) is 33. The van der Waals surface area contributed by atoms with Gasteiger partial charge in [0.15, 0.2) is 6.10 Å². The molecule has 0 aliphatic heterocycles. The van der Waals surface area contributed by atoms with Crippen molar-refractivity contribution < 1.29 is 28.6 Å². The van der Waals surface area contributed by atoms with Crippen LogP contribution in [0.5, 0.6) is 0 Å². The molecule has 0 N–H and O–H groups in total. The third-order valence-electron chi connectivity index (χ3n) is 12.2. The molecule has 1 atom stereocenters. The van der Waals surface area contributed by atoms with Gasteiger partial charge in [0, 0.05) is 19.3 Å². The smallest absolute Gasteiger partial charge is 0.306 e. The number of hydrogen-bond donors (Lipinski definition) is 0. The topological polar surface area (TPSA) is 78.9 Å². The number of rotatable bonds is 48. The zero-order chi connectivity index (χ0) is 44.0. The third kappa shape index (κ3) is 47.5. The molecule has 0 saturated heterocycles. The van der Waals surface area contributed by atoms with Gasteiger partial charge in [-0.15, -0.1) is 0 Å². The summed E-state index contributed by atoms with van der Waals surface area (Å²) in [7, 11) is 0. The molecule has 0 aromatic heterocycles. The summed E-state index contributed by atoms with van der Waals surface area (Å²) in [4.78, 5) is 37.9. The van der Waals surface area contributed by atoms with E-state index < -0.39 is 6.10 Å². The first-order chi connectivity index (χ1) is 29.2. The molecule has 0 spiro atoms. The molecule has 0 aliphatic carbocycles. The van der Waals surface area contributed by atoms with Crippen molar-refractivity contribution in [3.8, 4) is 0 Å². The molecule has 0 saturated carbocycles. The van der Waals surface area contributed by atoms with Gasteiger partial charge in [0.05, 0.1) is 0 Å². The highest BCUT2D eigenvalue weighted by molar-refractivity contribution is 5.71. The zero-order valence-corrected chi connectivity index (χ0v) is 41.1. The Labute approximate surface area is 374 Å². The predicted octanol–water partition coefficient (Wildman–Crippen LogP) is 17.3. The van der Waals surface area contributed by atoms with Gasteiger partial charge in [0.25, 0.3) is 0 Å². The van der Waals surface area contributed by atoms with Gasteiger partial charge in [-0.1, -0.05) is 259 Å². The van der Waals surface area contributed by atoms with Crippen molar-refractivity contribution in [3.05, 3.63) is 0 Å². The molecule has 0 unspecified atom stereocenters. The van der Waals surface area contributed by atoms with E-state index in [0.29, 0.717) is 19.3 Å². The third-order valence-corrected chi connectivity index (χ3v) is 12.2. The minimum absolute atomic E-state index is 0.0636. The molecule has 0 bridgehead atoms. The quantitative estimate of drug-likeness (QED) is 0.0345. The fourth-order valence-corrected chi connectivity index (χ4v) is 8.17. The molecule has 0 amide bonds. The second-order valence-corrected chi connectivity index (χ2v) is 19.5. The van der Waals surface area contributed by atoms with Gasteiger partial charge in [-0.25, -0.2) is 0 Å². The van der Waals surface area contributed by atoms with E-state index in [0.717, 1.165) is 69.6 Å². The molecular formula is C54H104O6. The second-order valence-electron chi connectivity index (χ2n) is 19.5. The molecule has 60 heavy (non-hydrogen) atoms. The molecule has 6 nitrogen and oxygen atoms in total. The molecule has 0 aliphatic rings. The summed E-state index contributed by atoms with van der Waals surface area (Å²) in [5, 5.41) is 0. The number of carbonyl (C=O) groups excluding carboxylic acids is 3. The first-order valence-corrected chi connectivity index (χ1v) is 26.7. The van der Waals surface area contributed by atoms with E-state index in [1.165, 1.54) is 186 Å². The van der Waals surface area contributed by atoms with Gasteiger partial charge in [-0.2, -0.15) is 0 Å². The first-order valence-electron chi connectivity index (χ1n) is 26.7. The lowest BCUT2D eigenvalue weighted by Crippen LogP contribution is -2.30. The average molecular weight is 849 g/mol. The predicted molar refractivity (Wildman–Crippen MR) is 256 cm³/mol. The lowest BCUT2D eigenvalue weighted by atomic mass is 10.0.